The SMILES string of the molecule is BC1(B)C(B)(B)C2(C(B)(B)C(C)(C)C)C(B)(B)C(B)(B)C23C(B)(B)C13B. The predicted octanol–water partition coefficient (Wildman–Crippen LogP) is -8.87. The van der Waals surface area contributed by atoms with E-state index in [1.165, 1.54) is 0 Å². The molecule has 3 saturated carbocycles. The highest BCUT2D eigenvalue weighted by Crippen LogP contribution is 3.20. The Kier molecular flexibility index (Phi) is 3.57. The van der Waals surface area contributed by atoms with E-state index < -0.39 is 0 Å². The molecule has 3 fully saturated rings. The zero-order chi connectivity index (χ0) is 21.0. The third-order valence-corrected chi connectivity index (χ3v) is 13.4. The lowest BCUT2D eigenvalue weighted by atomic mass is 8.97. The molecular formula is C13H35B13. The van der Waals surface area contributed by atoms with E-state index in [0.29, 0.717) is 21.2 Å². The van der Waals surface area contributed by atoms with Crippen molar-refractivity contribution in [1.29, 1.82) is 0 Å². The molecule has 3 unspecified atom stereocenters. The Hall–Kier alpha value is 0.844. The Balaban J connectivity index is 2.56. The van der Waals surface area contributed by atoms with Crippen LogP contribution in [0, 0.1) is 16.2 Å². The second-order valence-electron chi connectivity index (χ2n) is 14.6. The summed E-state index contributed by atoms with van der Waals surface area (Å²) in [5.74, 6) is 0. The maximum atomic E-state index is 2.66. The molecule has 3 rings (SSSR count). The first-order chi connectivity index (χ1) is 11.0. The zero-order valence-electron chi connectivity index (χ0n) is 21.0. The van der Waals surface area contributed by atoms with Gasteiger partial charge in [0.2, 0.25) is 0 Å². The predicted molar refractivity (Wildman–Crippen MR) is 154 cm³/mol. The monoisotopic (exact) mass is 334 g/mol. The van der Waals surface area contributed by atoms with Gasteiger partial charge in [-0.1, -0.05) is 62.8 Å². The Morgan fingerprint density at radius 1 is 0.500 bits per heavy atom. The van der Waals surface area contributed by atoms with Crippen molar-refractivity contribution in [2.24, 2.45) is 16.2 Å². The summed E-state index contributed by atoms with van der Waals surface area (Å²) in [7, 11) is 34.0. The number of rotatable bonds is 1. The first kappa shape index (κ1) is 21.6. The minimum absolute atomic E-state index is 0.227. The molecule has 26 heavy (non-hydrogen) atoms. The van der Waals surface area contributed by atoms with Crippen LogP contribution in [0.15, 0.2) is 0 Å². The molecule has 0 heterocycles. The van der Waals surface area contributed by atoms with E-state index in [2.05, 4.69) is 123 Å². The van der Waals surface area contributed by atoms with Gasteiger partial charge >= 0.3 is 0 Å². The van der Waals surface area contributed by atoms with Gasteiger partial charge in [0, 0.05) is 0 Å². The zero-order valence-corrected chi connectivity index (χ0v) is 21.0. The summed E-state index contributed by atoms with van der Waals surface area (Å²) in [5, 5.41) is 2.11. The molecule has 0 saturated heterocycles. The Morgan fingerprint density at radius 2 is 0.846 bits per heavy atom. The fourth-order valence-corrected chi connectivity index (χ4v) is 11.3. The summed E-state index contributed by atoms with van der Waals surface area (Å²) >= 11 is 0. The van der Waals surface area contributed by atoms with Crippen LogP contribution in [0.1, 0.15) is 20.8 Å². The molecule has 0 nitrogen and oxygen atoms in total. The van der Waals surface area contributed by atoms with E-state index in [4.69, 9.17) is 0 Å². The average Bonchev–Trinajstić information content (AvgIpc) is 2.76. The second kappa shape index (κ2) is 4.31. The van der Waals surface area contributed by atoms with Crippen LogP contribution in [0.2, 0.25) is 36.6 Å². The topological polar surface area (TPSA) is 0 Å². The molecule has 13 heteroatoms. The van der Waals surface area contributed by atoms with Crippen molar-refractivity contribution in [3.8, 4) is 0 Å². The Morgan fingerprint density at radius 3 is 1.19 bits per heavy atom. The molecular weight excluding hydrogens is 297 g/mol. The lowest BCUT2D eigenvalue weighted by Gasteiger charge is -2.87. The molecule has 0 aromatic heterocycles. The van der Waals surface area contributed by atoms with E-state index in [-0.39, 0.29) is 31.7 Å². The first-order valence-corrected chi connectivity index (χ1v) is 11.0. The number of hydrogen-bond acceptors (Lipinski definition) is 0. The van der Waals surface area contributed by atoms with Gasteiger partial charge in [-0.15, -0.1) is 0 Å². The van der Waals surface area contributed by atoms with Crippen molar-refractivity contribution in [1.82, 2.24) is 0 Å². The molecule has 0 radical (unpaired) electrons. The smallest absolute Gasteiger partial charge is 0.0937 e. The molecule has 3 aliphatic rings. The summed E-state index contributed by atoms with van der Waals surface area (Å²) in [4.78, 5) is 0. The van der Waals surface area contributed by atoms with Crippen molar-refractivity contribution >= 4 is 102 Å². The molecule has 126 valence electrons. The van der Waals surface area contributed by atoms with Gasteiger partial charge in [-0.05, 0) is 10.8 Å². The van der Waals surface area contributed by atoms with Gasteiger partial charge in [-0.25, -0.2) is 0 Å². The van der Waals surface area contributed by atoms with Crippen LogP contribution < -0.4 is 0 Å². The highest BCUT2D eigenvalue weighted by atomic mass is 15.0. The van der Waals surface area contributed by atoms with Crippen molar-refractivity contribution < 1.29 is 0 Å². The third-order valence-electron chi connectivity index (χ3n) is 13.4. The van der Waals surface area contributed by atoms with E-state index in [0.717, 1.165) is 0 Å². The Labute approximate surface area is 175 Å². The van der Waals surface area contributed by atoms with Crippen LogP contribution in [-0.4, -0.2) is 102 Å². The fourth-order valence-electron chi connectivity index (χ4n) is 11.3. The molecule has 3 aliphatic carbocycles. The largest absolute Gasteiger partial charge is 0.107 e. The van der Waals surface area contributed by atoms with E-state index in [9.17, 15) is 0 Å². The summed E-state index contributed by atoms with van der Waals surface area (Å²) in [6.07, 6.45) is 0. The summed E-state index contributed by atoms with van der Waals surface area (Å²) < 4.78 is 0. The molecule has 0 amide bonds. The first-order valence-electron chi connectivity index (χ1n) is 11.0. The van der Waals surface area contributed by atoms with Crippen molar-refractivity contribution in [3.05, 3.63) is 0 Å². The molecule has 1 spiro atoms. The van der Waals surface area contributed by atoms with Crippen LogP contribution in [0.5, 0.6) is 0 Å². The van der Waals surface area contributed by atoms with Crippen molar-refractivity contribution in [2.45, 2.75) is 57.4 Å². The summed E-state index contributed by atoms with van der Waals surface area (Å²) in [5.41, 5.74) is 0.905. The van der Waals surface area contributed by atoms with Gasteiger partial charge in [-0.3, -0.25) is 0 Å². The summed E-state index contributed by atoms with van der Waals surface area (Å²) in [6.45, 7) is 7.47. The van der Waals surface area contributed by atoms with Crippen molar-refractivity contribution in [2.75, 3.05) is 0 Å². The van der Waals surface area contributed by atoms with Gasteiger partial charge in [0.25, 0.3) is 0 Å². The molecule has 3 atom stereocenters. The van der Waals surface area contributed by atoms with Crippen LogP contribution in [-0.2, 0) is 0 Å². The standard InChI is InChI=1S/C13H35B13/c1-4(2,3)8(15,16)6-5(10(19,20)11(6,21)22)7(14,9(5,17)18)13(25,26)12(6,23)24/h14-26H2,1-3H3. The van der Waals surface area contributed by atoms with Gasteiger partial charge < -0.3 is 0 Å². The van der Waals surface area contributed by atoms with E-state index >= 15 is 0 Å². The number of hydrogen-bond donors (Lipinski definition) is 0. The molecule has 0 aliphatic heterocycles. The van der Waals surface area contributed by atoms with Gasteiger partial charge in [0.15, 0.2) is 0 Å². The van der Waals surface area contributed by atoms with Crippen LogP contribution in [0.25, 0.3) is 0 Å². The van der Waals surface area contributed by atoms with Gasteiger partial charge in [0.1, 0.15) is 23.5 Å². The van der Waals surface area contributed by atoms with E-state index in [1.807, 2.05) is 0 Å². The second-order valence-corrected chi connectivity index (χ2v) is 14.6. The Bertz CT molecular complexity index is 691. The molecule has 0 bridgehead atoms. The van der Waals surface area contributed by atoms with Crippen LogP contribution in [0.4, 0.5) is 0 Å². The van der Waals surface area contributed by atoms with Gasteiger partial charge in [-0.2, -0.15) is 0 Å². The highest BCUT2D eigenvalue weighted by molar-refractivity contribution is 6.71. The van der Waals surface area contributed by atoms with Gasteiger partial charge in [0.05, 0.1) is 78.5 Å². The quantitative estimate of drug-likeness (QED) is 0.419. The highest BCUT2D eigenvalue weighted by Gasteiger charge is 3.06. The van der Waals surface area contributed by atoms with E-state index in [1.54, 1.807) is 0 Å². The summed E-state index contributed by atoms with van der Waals surface area (Å²) in [6, 6.07) is 0. The van der Waals surface area contributed by atoms with Crippen molar-refractivity contribution in [3.63, 3.8) is 0 Å². The minimum atomic E-state index is 0.227. The lowest BCUT2D eigenvalue weighted by Crippen LogP contribution is -2.77. The third kappa shape index (κ3) is 1.24. The van der Waals surface area contributed by atoms with Crippen LogP contribution in [0.3, 0.4) is 0 Å². The maximum absolute atomic E-state index is 2.66. The lowest BCUT2D eigenvalue weighted by molar-refractivity contribution is -0.0811. The minimum Gasteiger partial charge on any atom is -0.0937 e. The fraction of sp³-hybridized carbons (Fsp3) is 1.00. The normalized spacial score (nSPS) is 45.7. The average molecular weight is 332 g/mol. The molecule has 0 N–H and O–H groups in total. The molecule has 0 aromatic carbocycles. The molecule has 0 aromatic rings. The maximum Gasteiger partial charge on any atom is 0.107 e. The van der Waals surface area contributed by atoms with Crippen LogP contribution >= 0.6 is 0 Å².